The Balaban J connectivity index is 0.00000225. The number of anilines is 1. The molecule has 3 N–H and O–H groups in total. The van der Waals surface area contributed by atoms with Crippen LogP contribution in [0, 0.1) is 11.8 Å². The number of hydrogen-bond acceptors (Lipinski definition) is 3. The number of nitrogens with two attached hydrogens (primary N) is 1. The molecule has 0 aromatic heterocycles. The van der Waals surface area contributed by atoms with Crippen molar-refractivity contribution in [1.29, 1.82) is 0 Å². The van der Waals surface area contributed by atoms with Crippen molar-refractivity contribution in [3.63, 3.8) is 0 Å². The smallest absolute Gasteiger partial charge is 0.321 e. The minimum atomic E-state index is -0.125. The molecule has 2 aliphatic heterocycles. The molecule has 7 heteroatoms. The van der Waals surface area contributed by atoms with Gasteiger partial charge in [0.25, 0.3) is 0 Å². The van der Waals surface area contributed by atoms with Crippen molar-refractivity contribution in [3.05, 3.63) is 30.3 Å². The van der Waals surface area contributed by atoms with E-state index in [0.29, 0.717) is 25.6 Å². The fourth-order valence-corrected chi connectivity index (χ4v) is 3.57. The van der Waals surface area contributed by atoms with Crippen LogP contribution in [0.15, 0.2) is 30.3 Å². The molecule has 25 heavy (non-hydrogen) atoms. The molecule has 3 rings (SSSR count). The lowest BCUT2D eigenvalue weighted by atomic mass is 9.97. The van der Waals surface area contributed by atoms with Crippen LogP contribution in [0.25, 0.3) is 0 Å². The van der Waals surface area contributed by atoms with Crippen LogP contribution in [0.2, 0.25) is 0 Å². The minimum absolute atomic E-state index is 0. The van der Waals surface area contributed by atoms with Gasteiger partial charge < -0.3 is 20.9 Å². The molecule has 2 atom stereocenters. The Morgan fingerprint density at radius 3 is 2.52 bits per heavy atom. The minimum Gasteiger partial charge on any atom is -0.342 e. The van der Waals surface area contributed by atoms with Crippen LogP contribution in [-0.2, 0) is 4.79 Å². The maximum Gasteiger partial charge on any atom is 0.321 e. The van der Waals surface area contributed by atoms with Crippen LogP contribution in [-0.4, -0.2) is 54.5 Å². The third-order valence-electron chi connectivity index (χ3n) is 5.01. The first kappa shape index (κ1) is 19.5. The Hall–Kier alpha value is -1.79. The van der Waals surface area contributed by atoms with E-state index in [1.54, 1.807) is 4.90 Å². The SMILES string of the molecule is Cl.NCC1CCN(C(=O)C2CCCN(C(=O)Nc3ccccc3)C2)C1. The number of halogens is 1. The molecule has 1 aromatic rings. The lowest BCUT2D eigenvalue weighted by Gasteiger charge is -2.34. The number of rotatable bonds is 3. The monoisotopic (exact) mass is 366 g/mol. The van der Waals surface area contributed by atoms with Gasteiger partial charge in [0.1, 0.15) is 0 Å². The summed E-state index contributed by atoms with van der Waals surface area (Å²) in [6.07, 6.45) is 2.72. The van der Waals surface area contributed by atoms with Gasteiger partial charge in [-0.1, -0.05) is 18.2 Å². The number of nitrogens with one attached hydrogen (secondary N) is 1. The first-order valence-corrected chi connectivity index (χ1v) is 8.77. The third-order valence-corrected chi connectivity index (χ3v) is 5.01. The molecule has 6 nitrogen and oxygen atoms in total. The molecular formula is C18H27ClN4O2. The highest BCUT2D eigenvalue weighted by Crippen LogP contribution is 2.23. The number of hydrogen-bond donors (Lipinski definition) is 2. The van der Waals surface area contributed by atoms with Crippen LogP contribution < -0.4 is 11.1 Å². The molecule has 2 heterocycles. The summed E-state index contributed by atoms with van der Waals surface area (Å²) < 4.78 is 0. The molecule has 0 spiro atoms. The van der Waals surface area contributed by atoms with E-state index in [1.165, 1.54) is 0 Å². The van der Waals surface area contributed by atoms with Crippen LogP contribution >= 0.6 is 12.4 Å². The van der Waals surface area contributed by atoms with Crippen LogP contribution in [0.4, 0.5) is 10.5 Å². The molecule has 0 saturated carbocycles. The molecule has 0 aliphatic carbocycles. The van der Waals surface area contributed by atoms with Gasteiger partial charge in [0.2, 0.25) is 5.91 Å². The highest BCUT2D eigenvalue weighted by molar-refractivity contribution is 5.90. The Morgan fingerprint density at radius 1 is 1.08 bits per heavy atom. The lowest BCUT2D eigenvalue weighted by molar-refractivity contribution is -0.135. The molecule has 3 amide bonds. The molecule has 0 bridgehead atoms. The van der Waals surface area contributed by atoms with Crippen molar-refractivity contribution < 1.29 is 9.59 Å². The second kappa shape index (κ2) is 9.06. The Bertz CT molecular complexity index is 584. The number of urea groups is 1. The summed E-state index contributed by atoms with van der Waals surface area (Å²) in [5.41, 5.74) is 6.49. The predicted molar refractivity (Wildman–Crippen MR) is 101 cm³/mol. The largest absolute Gasteiger partial charge is 0.342 e. The summed E-state index contributed by atoms with van der Waals surface area (Å²) >= 11 is 0. The van der Waals surface area contributed by atoms with E-state index in [4.69, 9.17) is 5.73 Å². The summed E-state index contributed by atoms with van der Waals surface area (Å²) in [5.74, 6) is 0.523. The van der Waals surface area contributed by atoms with Gasteiger partial charge >= 0.3 is 6.03 Å². The van der Waals surface area contributed by atoms with Crippen molar-refractivity contribution in [2.45, 2.75) is 19.3 Å². The number of benzene rings is 1. The quantitative estimate of drug-likeness (QED) is 0.860. The molecular weight excluding hydrogens is 340 g/mol. The number of likely N-dealkylation sites (tertiary alicyclic amines) is 2. The second-order valence-corrected chi connectivity index (χ2v) is 6.76. The van der Waals surface area contributed by atoms with Crippen molar-refractivity contribution in [2.24, 2.45) is 17.6 Å². The van der Waals surface area contributed by atoms with E-state index in [0.717, 1.165) is 38.0 Å². The van der Waals surface area contributed by atoms with Gasteiger partial charge in [-0.25, -0.2) is 4.79 Å². The number of nitrogens with zero attached hydrogens (tertiary/aromatic N) is 2. The van der Waals surface area contributed by atoms with Crippen molar-refractivity contribution in [2.75, 3.05) is 38.0 Å². The average Bonchev–Trinajstić information content (AvgIpc) is 3.11. The second-order valence-electron chi connectivity index (χ2n) is 6.76. The van der Waals surface area contributed by atoms with Crippen molar-refractivity contribution in [1.82, 2.24) is 9.80 Å². The van der Waals surface area contributed by atoms with Crippen LogP contribution in [0.1, 0.15) is 19.3 Å². The topological polar surface area (TPSA) is 78.7 Å². The summed E-state index contributed by atoms with van der Waals surface area (Å²) in [6, 6.07) is 9.29. The van der Waals surface area contributed by atoms with Gasteiger partial charge in [-0.2, -0.15) is 0 Å². The summed E-state index contributed by atoms with van der Waals surface area (Å²) in [6.45, 7) is 3.41. The molecule has 2 aliphatic rings. The fourth-order valence-electron chi connectivity index (χ4n) is 3.57. The first-order valence-electron chi connectivity index (χ1n) is 8.77. The highest BCUT2D eigenvalue weighted by atomic mass is 35.5. The van der Waals surface area contributed by atoms with Gasteiger partial charge in [0, 0.05) is 31.9 Å². The number of carbonyl (C=O) groups is 2. The predicted octanol–water partition coefficient (Wildman–Crippen LogP) is 2.16. The number of carbonyl (C=O) groups excluding carboxylic acids is 2. The maximum atomic E-state index is 12.7. The zero-order valence-electron chi connectivity index (χ0n) is 14.4. The van der Waals surface area contributed by atoms with Crippen molar-refractivity contribution >= 4 is 30.0 Å². The van der Waals surface area contributed by atoms with Gasteiger partial charge in [-0.15, -0.1) is 12.4 Å². The van der Waals surface area contributed by atoms with E-state index in [1.807, 2.05) is 35.2 Å². The molecule has 1 aromatic carbocycles. The van der Waals surface area contributed by atoms with Gasteiger partial charge in [0.15, 0.2) is 0 Å². The highest BCUT2D eigenvalue weighted by Gasteiger charge is 2.34. The Morgan fingerprint density at radius 2 is 1.84 bits per heavy atom. The molecule has 0 radical (unpaired) electrons. The molecule has 2 fully saturated rings. The van der Waals surface area contributed by atoms with E-state index in [2.05, 4.69) is 5.32 Å². The Kier molecular flexibility index (Phi) is 7.08. The zero-order chi connectivity index (χ0) is 16.9. The van der Waals surface area contributed by atoms with Crippen molar-refractivity contribution in [3.8, 4) is 0 Å². The summed E-state index contributed by atoms with van der Waals surface area (Å²) in [4.78, 5) is 28.8. The Labute approximate surface area is 155 Å². The fraction of sp³-hybridized carbons (Fsp3) is 0.556. The number of amides is 3. The van der Waals surface area contributed by atoms with Crippen LogP contribution in [0.5, 0.6) is 0 Å². The summed E-state index contributed by atoms with van der Waals surface area (Å²) in [5, 5.41) is 2.90. The van der Waals surface area contributed by atoms with E-state index in [9.17, 15) is 9.59 Å². The average molecular weight is 367 g/mol. The first-order chi connectivity index (χ1) is 11.7. The molecule has 2 saturated heterocycles. The summed E-state index contributed by atoms with van der Waals surface area (Å²) in [7, 11) is 0. The molecule has 2 unspecified atom stereocenters. The maximum absolute atomic E-state index is 12.7. The van der Waals surface area contributed by atoms with E-state index < -0.39 is 0 Å². The molecule has 138 valence electrons. The van der Waals surface area contributed by atoms with Crippen LogP contribution in [0.3, 0.4) is 0 Å². The number of piperidine rings is 1. The normalized spacial score (nSPS) is 23.1. The number of para-hydroxylation sites is 1. The lowest BCUT2D eigenvalue weighted by Crippen LogP contribution is -2.47. The van der Waals surface area contributed by atoms with E-state index >= 15 is 0 Å². The third kappa shape index (κ3) is 4.86. The zero-order valence-corrected chi connectivity index (χ0v) is 15.2. The van der Waals surface area contributed by atoms with E-state index in [-0.39, 0.29) is 30.3 Å². The van der Waals surface area contributed by atoms with Gasteiger partial charge in [0.05, 0.1) is 5.92 Å². The van der Waals surface area contributed by atoms with Gasteiger partial charge in [-0.3, -0.25) is 4.79 Å². The standard InChI is InChI=1S/C18H26N4O2.ClH/c19-11-14-8-10-21(12-14)17(23)15-5-4-9-22(13-15)18(24)20-16-6-2-1-3-7-16;/h1-3,6-7,14-15H,4-5,8-13,19H2,(H,20,24);1H. The van der Waals surface area contributed by atoms with Gasteiger partial charge in [-0.05, 0) is 43.9 Å².